The number of carbonyl (C=O) groups is 1. The molecule has 4 heteroatoms. The van der Waals surface area contributed by atoms with Gasteiger partial charge in [0, 0.05) is 19.1 Å². The lowest BCUT2D eigenvalue weighted by Gasteiger charge is -2.31. The monoisotopic (exact) mass is 212 g/mol. The van der Waals surface area contributed by atoms with Crippen LogP contribution < -0.4 is 5.73 Å². The van der Waals surface area contributed by atoms with Gasteiger partial charge in [-0.05, 0) is 38.0 Å². The first-order chi connectivity index (χ1) is 7.22. The fourth-order valence-corrected chi connectivity index (χ4v) is 2.50. The molecule has 0 spiro atoms. The van der Waals surface area contributed by atoms with Crippen LogP contribution in [-0.2, 0) is 4.74 Å². The van der Waals surface area contributed by atoms with Gasteiger partial charge in [0.1, 0.15) is 0 Å². The first-order valence-electron chi connectivity index (χ1n) is 5.89. The lowest BCUT2D eigenvalue weighted by atomic mass is 9.92. The Kier molecular flexibility index (Phi) is 3.14. The topological polar surface area (TPSA) is 55.6 Å². The zero-order chi connectivity index (χ0) is 10.8. The average Bonchev–Trinajstić information content (AvgIpc) is 2.96. The maximum atomic E-state index is 11.4. The first-order valence-corrected chi connectivity index (χ1v) is 5.89. The highest BCUT2D eigenvalue weighted by Crippen LogP contribution is 2.40. The van der Waals surface area contributed by atoms with E-state index in [1.165, 1.54) is 6.42 Å². The molecule has 2 N–H and O–H groups in total. The van der Waals surface area contributed by atoms with E-state index >= 15 is 0 Å². The number of ether oxygens (including phenoxy) is 1. The minimum atomic E-state index is -0.156. The van der Waals surface area contributed by atoms with E-state index in [1.54, 1.807) is 0 Å². The molecule has 1 heterocycles. The van der Waals surface area contributed by atoms with Crippen molar-refractivity contribution in [3.8, 4) is 0 Å². The summed E-state index contributed by atoms with van der Waals surface area (Å²) < 4.78 is 4.98. The van der Waals surface area contributed by atoms with E-state index in [2.05, 4.69) is 0 Å². The van der Waals surface area contributed by atoms with Crippen LogP contribution in [0.25, 0.3) is 0 Å². The van der Waals surface area contributed by atoms with Crippen LogP contribution in [0.4, 0.5) is 4.79 Å². The van der Waals surface area contributed by atoms with E-state index in [0.29, 0.717) is 12.6 Å². The van der Waals surface area contributed by atoms with E-state index in [0.717, 1.165) is 37.8 Å². The van der Waals surface area contributed by atoms with Crippen LogP contribution in [0, 0.1) is 11.8 Å². The zero-order valence-corrected chi connectivity index (χ0v) is 9.32. The van der Waals surface area contributed by atoms with Gasteiger partial charge in [0.05, 0.1) is 6.61 Å². The van der Waals surface area contributed by atoms with Crippen molar-refractivity contribution in [3.63, 3.8) is 0 Å². The van der Waals surface area contributed by atoms with Crippen molar-refractivity contribution >= 4 is 6.09 Å². The second kappa shape index (κ2) is 4.39. The minimum Gasteiger partial charge on any atom is -0.450 e. The van der Waals surface area contributed by atoms with Crippen molar-refractivity contribution in [2.75, 3.05) is 19.7 Å². The van der Waals surface area contributed by atoms with Gasteiger partial charge in [-0.15, -0.1) is 0 Å². The summed E-state index contributed by atoms with van der Waals surface area (Å²) in [6, 6.07) is 0.434. The van der Waals surface area contributed by atoms with Gasteiger partial charge in [-0.3, -0.25) is 0 Å². The fourth-order valence-electron chi connectivity index (χ4n) is 2.50. The molecule has 15 heavy (non-hydrogen) atoms. The third-order valence-electron chi connectivity index (χ3n) is 3.56. The number of hydrogen-bond acceptors (Lipinski definition) is 3. The van der Waals surface area contributed by atoms with E-state index in [-0.39, 0.29) is 6.09 Å². The normalized spacial score (nSPS) is 31.5. The van der Waals surface area contributed by atoms with E-state index in [9.17, 15) is 4.79 Å². The predicted octanol–water partition coefficient (Wildman–Crippen LogP) is 1.20. The smallest absolute Gasteiger partial charge is 0.409 e. The highest BCUT2D eigenvalue weighted by Gasteiger charge is 2.41. The lowest BCUT2D eigenvalue weighted by molar-refractivity contribution is 0.0893. The van der Waals surface area contributed by atoms with Crippen LogP contribution in [0.5, 0.6) is 0 Å². The number of hydrogen-bond donors (Lipinski definition) is 1. The van der Waals surface area contributed by atoms with Crippen molar-refractivity contribution in [1.29, 1.82) is 0 Å². The predicted molar refractivity (Wildman–Crippen MR) is 57.4 cm³/mol. The van der Waals surface area contributed by atoms with Crippen LogP contribution in [0.3, 0.4) is 0 Å². The summed E-state index contributed by atoms with van der Waals surface area (Å²) in [6.07, 6.45) is 3.22. The van der Waals surface area contributed by atoms with Gasteiger partial charge < -0.3 is 15.4 Å². The molecule has 0 radical (unpaired) electrons. The zero-order valence-electron chi connectivity index (χ0n) is 9.32. The second-order valence-electron chi connectivity index (χ2n) is 4.59. The Morgan fingerprint density at radius 3 is 2.53 bits per heavy atom. The number of amides is 1. The molecule has 0 unspecified atom stereocenters. The Bertz CT molecular complexity index is 237. The molecule has 0 aromatic rings. The van der Waals surface area contributed by atoms with Gasteiger partial charge in [0.25, 0.3) is 0 Å². The average molecular weight is 212 g/mol. The molecule has 1 amide bonds. The molecule has 0 aromatic carbocycles. The summed E-state index contributed by atoms with van der Waals surface area (Å²) in [7, 11) is 0. The van der Waals surface area contributed by atoms with Crippen LogP contribution in [0.1, 0.15) is 26.2 Å². The summed E-state index contributed by atoms with van der Waals surface area (Å²) in [5, 5.41) is 0. The summed E-state index contributed by atoms with van der Waals surface area (Å²) in [4.78, 5) is 13.2. The maximum Gasteiger partial charge on any atom is 0.409 e. The summed E-state index contributed by atoms with van der Waals surface area (Å²) >= 11 is 0. The van der Waals surface area contributed by atoms with Crippen molar-refractivity contribution in [1.82, 2.24) is 4.90 Å². The number of carbonyl (C=O) groups excluding carboxylic acids is 1. The molecule has 1 aliphatic heterocycles. The van der Waals surface area contributed by atoms with Crippen molar-refractivity contribution < 1.29 is 9.53 Å². The Labute approximate surface area is 90.8 Å². The molecule has 0 aromatic heterocycles. The Hall–Kier alpha value is -0.770. The van der Waals surface area contributed by atoms with Crippen molar-refractivity contribution in [3.05, 3.63) is 0 Å². The van der Waals surface area contributed by atoms with Gasteiger partial charge in [0.15, 0.2) is 0 Å². The molecule has 86 valence electrons. The quantitative estimate of drug-likeness (QED) is 0.748. The van der Waals surface area contributed by atoms with Crippen LogP contribution in [0.15, 0.2) is 0 Å². The van der Waals surface area contributed by atoms with Crippen LogP contribution in [-0.4, -0.2) is 36.7 Å². The van der Waals surface area contributed by atoms with E-state index < -0.39 is 0 Å². The van der Waals surface area contributed by atoms with E-state index in [4.69, 9.17) is 10.5 Å². The molecule has 1 saturated carbocycles. The van der Waals surface area contributed by atoms with Gasteiger partial charge in [-0.25, -0.2) is 4.79 Å². The van der Waals surface area contributed by atoms with Crippen molar-refractivity contribution in [2.45, 2.75) is 32.2 Å². The Balaban J connectivity index is 1.74. The third-order valence-corrected chi connectivity index (χ3v) is 3.56. The SMILES string of the molecule is CCOC(=O)N1CCC([C@@H]2C[C@H]2N)CC1. The maximum absolute atomic E-state index is 11.4. The molecule has 2 rings (SSSR count). The Morgan fingerprint density at radius 2 is 2.07 bits per heavy atom. The van der Waals surface area contributed by atoms with Crippen LogP contribution >= 0.6 is 0 Å². The molecule has 1 aliphatic carbocycles. The molecule has 2 aliphatic rings. The van der Waals surface area contributed by atoms with E-state index in [1.807, 2.05) is 11.8 Å². The highest BCUT2D eigenvalue weighted by molar-refractivity contribution is 5.67. The summed E-state index contributed by atoms with van der Waals surface area (Å²) in [5.41, 5.74) is 5.83. The molecule has 4 nitrogen and oxygen atoms in total. The molecular formula is C11H20N2O2. The fraction of sp³-hybridized carbons (Fsp3) is 0.909. The number of piperidine rings is 1. The largest absolute Gasteiger partial charge is 0.450 e. The number of nitrogens with two attached hydrogens (primary N) is 1. The molecule has 0 bridgehead atoms. The second-order valence-corrected chi connectivity index (χ2v) is 4.59. The number of nitrogens with zero attached hydrogens (tertiary/aromatic N) is 1. The molecule has 1 saturated heterocycles. The summed E-state index contributed by atoms with van der Waals surface area (Å²) in [5.74, 6) is 1.47. The molecule has 2 atom stereocenters. The van der Waals surface area contributed by atoms with Crippen molar-refractivity contribution in [2.24, 2.45) is 17.6 Å². The number of likely N-dealkylation sites (tertiary alicyclic amines) is 1. The standard InChI is InChI=1S/C11H20N2O2/c1-2-15-11(14)13-5-3-8(4-6-13)9-7-10(9)12/h8-10H,2-7,12H2,1H3/t9-,10+/m0/s1. The molecule has 2 fully saturated rings. The molecular weight excluding hydrogens is 192 g/mol. The highest BCUT2D eigenvalue weighted by atomic mass is 16.6. The van der Waals surface area contributed by atoms with Gasteiger partial charge in [-0.1, -0.05) is 0 Å². The first kappa shape index (κ1) is 10.7. The van der Waals surface area contributed by atoms with Gasteiger partial charge in [-0.2, -0.15) is 0 Å². The third kappa shape index (κ3) is 2.43. The Morgan fingerprint density at radius 1 is 1.47 bits per heavy atom. The summed E-state index contributed by atoms with van der Waals surface area (Å²) in [6.45, 7) is 3.99. The van der Waals surface area contributed by atoms with Crippen LogP contribution in [0.2, 0.25) is 0 Å². The van der Waals surface area contributed by atoms with Gasteiger partial charge in [0.2, 0.25) is 0 Å². The van der Waals surface area contributed by atoms with Gasteiger partial charge >= 0.3 is 6.09 Å². The minimum absolute atomic E-state index is 0.156. The number of rotatable bonds is 2. The lowest BCUT2D eigenvalue weighted by Crippen LogP contribution is -2.39.